The van der Waals surface area contributed by atoms with Gasteiger partial charge < -0.3 is 9.94 Å². The normalized spacial score (nSPS) is 19.5. The van der Waals surface area contributed by atoms with Gasteiger partial charge in [0.2, 0.25) is 0 Å². The number of phenols is 1. The fourth-order valence-corrected chi connectivity index (χ4v) is 4.89. The Morgan fingerprint density at radius 3 is 2.00 bits per heavy atom. The first-order chi connectivity index (χ1) is 13.5. The molecule has 0 unspecified atom stereocenters. The van der Waals surface area contributed by atoms with Gasteiger partial charge in [-0.25, -0.2) is 0 Å². The fourth-order valence-electron chi connectivity index (χ4n) is 4.89. The SMILES string of the molecule is CC(C)(C)c1ccc(CCC(=O)ON2C(C)(C)CCCC2(C)C)c(C(C)(C)C)c1O. The van der Waals surface area contributed by atoms with E-state index in [9.17, 15) is 9.90 Å². The number of phenolic OH excluding ortho intramolecular Hbond substituents is 1. The molecule has 1 saturated heterocycles. The van der Waals surface area contributed by atoms with Crippen LogP contribution in [-0.2, 0) is 26.9 Å². The molecule has 0 spiro atoms. The molecule has 1 aliphatic heterocycles. The van der Waals surface area contributed by atoms with Crippen LogP contribution in [0.25, 0.3) is 0 Å². The summed E-state index contributed by atoms with van der Waals surface area (Å²) < 4.78 is 0. The number of nitrogens with zero attached hydrogens (tertiary/aromatic N) is 1. The van der Waals surface area contributed by atoms with Crippen LogP contribution in [0.3, 0.4) is 0 Å². The first-order valence-corrected chi connectivity index (χ1v) is 11.3. The number of aromatic hydroxyl groups is 1. The summed E-state index contributed by atoms with van der Waals surface area (Å²) >= 11 is 0. The molecule has 0 aromatic heterocycles. The molecule has 0 amide bonds. The number of piperidine rings is 1. The molecule has 170 valence electrons. The molecule has 1 aliphatic rings. The highest BCUT2D eigenvalue weighted by Crippen LogP contribution is 2.42. The predicted octanol–water partition coefficient (Wildman–Crippen LogP) is 6.42. The molecule has 1 heterocycles. The monoisotopic (exact) mass is 417 g/mol. The van der Waals surface area contributed by atoms with Gasteiger partial charge in [0.05, 0.1) is 17.5 Å². The van der Waals surface area contributed by atoms with Crippen molar-refractivity contribution in [3.8, 4) is 5.75 Å². The minimum atomic E-state index is -0.221. The zero-order valence-electron chi connectivity index (χ0n) is 20.9. The molecular weight excluding hydrogens is 374 g/mol. The van der Waals surface area contributed by atoms with Gasteiger partial charge in [0.15, 0.2) is 0 Å². The van der Waals surface area contributed by atoms with E-state index in [4.69, 9.17) is 4.84 Å². The van der Waals surface area contributed by atoms with Gasteiger partial charge in [-0.15, -0.1) is 5.06 Å². The van der Waals surface area contributed by atoms with Crippen molar-refractivity contribution in [3.05, 3.63) is 28.8 Å². The Balaban J connectivity index is 2.23. The van der Waals surface area contributed by atoms with E-state index in [-0.39, 0.29) is 27.9 Å². The van der Waals surface area contributed by atoms with Gasteiger partial charge in [-0.3, -0.25) is 4.79 Å². The highest BCUT2D eigenvalue weighted by Gasteiger charge is 2.44. The number of aryl methyl sites for hydroxylation is 1. The van der Waals surface area contributed by atoms with Crippen molar-refractivity contribution in [3.63, 3.8) is 0 Å². The van der Waals surface area contributed by atoms with Crippen LogP contribution in [0.15, 0.2) is 12.1 Å². The van der Waals surface area contributed by atoms with E-state index in [1.165, 1.54) is 0 Å². The molecule has 4 heteroatoms. The Labute approximate surface area is 184 Å². The highest BCUT2D eigenvalue weighted by molar-refractivity contribution is 5.70. The summed E-state index contributed by atoms with van der Waals surface area (Å²) in [4.78, 5) is 18.7. The predicted molar refractivity (Wildman–Crippen MR) is 124 cm³/mol. The summed E-state index contributed by atoms with van der Waals surface area (Å²) in [5.41, 5.74) is 2.19. The van der Waals surface area contributed by atoms with Crippen LogP contribution < -0.4 is 0 Å². The van der Waals surface area contributed by atoms with Gasteiger partial charge in [-0.05, 0) is 75.3 Å². The molecule has 2 rings (SSSR count). The molecule has 30 heavy (non-hydrogen) atoms. The van der Waals surface area contributed by atoms with Gasteiger partial charge in [0.1, 0.15) is 5.75 Å². The molecule has 1 fully saturated rings. The van der Waals surface area contributed by atoms with Gasteiger partial charge in [-0.2, -0.15) is 0 Å². The van der Waals surface area contributed by atoms with Crippen molar-refractivity contribution in [1.82, 2.24) is 5.06 Å². The van der Waals surface area contributed by atoms with E-state index in [1.54, 1.807) is 0 Å². The zero-order valence-corrected chi connectivity index (χ0v) is 20.9. The summed E-state index contributed by atoms with van der Waals surface area (Å²) in [6.07, 6.45) is 4.01. The van der Waals surface area contributed by atoms with Crippen molar-refractivity contribution in [2.24, 2.45) is 0 Å². The van der Waals surface area contributed by atoms with Crippen molar-refractivity contribution < 1.29 is 14.7 Å². The standard InChI is InChI=1S/C26H43NO3/c1-23(2,3)19-14-12-18(21(22(19)29)24(4,5)6)13-15-20(28)30-27-25(7,8)16-11-17-26(27,9)10/h12,14,29H,11,13,15-17H2,1-10H3. The van der Waals surface area contributed by atoms with E-state index in [0.29, 0.717) is 18.6 Å². The third kappa shape index (κ3) is 5.38. The number of hydrogen-bond acceptors (Lipinski definition) is 4. The van der Waals surface area contributed by atoms with Crippen molar-refractivity contribution in [1.29, 1.82) is 0 Å². The zero-order chi connectivity index (χ0) is 23.1. The van der Waals surface area contributed by atoms with Crippen LogP contribution >= 0.6 is 0 Å². The van der Waals surface area contributed by atoms with E-state index in [2.05, 4.69) is 75.3 Å². The minimum absolute atomic E-state index is 0.146. The molecule has 0 atom stereocenters. The maximum Gasteiger partial charge on any atom is 0.325 e. The molecule has 1 aromatic rings. The summed E-state index contributed by atoms with van der Waals surface area (Å²) in [5.74, 6) is 0.150. The number of benzene rings is 1. The Hall–Kier alpha value is -1.55. The summed E-state index contributed by atoms with van der Waals surface area (Å²) in [6.45, 7) is 21.2. The van der Waals surface area contributed by atoms with Gasteiger partial charge in [0.25, 0.3) is 0 Å². The number of rotatable bonds is 4. The van der Waals surface area contributed by atoms with Crippen LogP contribution in [0.5, 0.6) is 5.75 Å². The third-order valence-electron chi connectivity index (χ3n) is 6.29. The number of hydroxylamine groups is 2. The number of carbonyl (C=O) groups is 1. The average Bonchev–Trinajstić information content (AvgIpc) is 2.53. The van der Waals surface area contributed by atoms with Crippen LogP contribution in [-0.4, -0.2) is 27.2 Å². The Morgan fingerprint density at radius 2 is 1.53 bits per heavy atom. The maximum atomic E-state index is 12.8. The van der Waals surface area contributed by atoms with Crippen molar-refractivity contribution >= 4 is 5.97 Å². The lowest BCUT2D eigenvalue weighted by Crippen LogP contribution is -2.58. The van der Waals surface area contributed by atoms with E-state index >= 15 is 0 Å². The lowest BCUT2D eigenvalue weighted by atomic mass is 9.76. The van der Waals surface area contributed by atoms with Crippen LogP contribution in [0.2, 0.25) is 0 Å². The smallest absolute Gasteiger partial charge is 0.325 e. The molecular formula is C26H43NO3. The van der Waals surface area contributed by atoms with Crippen molar-refractivity contribution in [2.45, 2.75) is 123 Å². The molecule has 0 bridgehead atoms. The lowest BCUT2D eigenvalue weighted by molar-refractivity contribution is -0.265. The summed E-state index contributed by atoms with van der Waals surface area (Å²) in [5, 5.41) is 13.0. The first kappa shape index (κ1) is 24.7. The topological polar surface area (TPSA) is 49.8 Å². The maximum absolute atomic E-state index is 12.8. The second kappa shape index (κ2) is 8.18. The van der Waals surface area contributed by atoms with Gasteiger partial charge >= 0.3 is 5.97 Å². The Kier molecular flexibility index (Phi) is 6.74. The quantitative estimate of drug-likeness (QED) is 0.614. The van der Waals surface area contributed by atoms with Crippen LogP contribution in [0, 0.1) is 0 Å². The first-order valence-electron chi connectivity index (χ1n) is 11.3. The number of hydrogen-bond donors (Lipinski definition) is 1. The van der Waals surface area contributed by atoms with Gasteiger partial charge in [0, 0.05) is 5.56 Å². The average molecular weight is 418 g/mol. The molecule has 0 saturated carbocycles. The van der Waals surface area contributed by atoms with Crippen molar-refractivity contribution in [2.75, 3.05) is 0 Å². The second-order valence-electron chi connectivity index (χ2n) is 12.2. The van der Waals surface area contributed by atoms with Crippen LogP contribution in [0.1, 0.15) is 112 Å². The molecule has 1 N–H and O–H groups in total. The van der Waals surface area contributed by atoms with E-state index in [0.717, 1.165) is 36.0 Å². The van der Waals surface area contributed by atoms with Gasteiger partial charge in [-0.1, -0.05) is 53.7 Å². The van der Waals surface area contributed by atoms with E-state index < -0.39 is 0 Å². The molecule has 0 radical (unpaired) electrons. The lowest BCUT2D eigenvalue weighted by Gasteiger charge is -2.50. The van der Waals surface area contributed by atoms with Crippen LogP contribution in [0.4, 0.5) is 0 Å². The largest absolute Gasteiger partial charge is 0.507 e. The third-order valence-corrected chi connectivity index (χ3v) is 6.29. The molecule has 4 nitrogen and oxygen atoms in total. The van der Waals surface area contributed by atoms with E-state index in [1.807, 2.05) is 11.1 Å². The Bertz CT molecular complexity index is 763. The second-order valence-corrected chi connectivity index (χ2v) is 12.2. The summed E-state index contributed by atoms with van der Waals surface area (Å²) in [7, 11) is 0. The number of carbonyl (C=O) groups excluding carboxylic acids is 1. The molecule has 1 aromatic carbocycles. The Morgan fingerprint density at radius 1 is 1.00 bits per heavy atom. The highest BCUT2D eigenvalue weighted by atomic mass is 16.7. The molecule has 0 aliphatic carbocycles. The minimum Gasteiger partial charge on any atom is -0.507 e. The summed E-state index contributed by atoms with van der Waals surface area (Å²) in [6, 6.07) is 4.07. The fraction of sp³-hybridized carbons (Fsp3) is 0.731.